The number of carboxylic acids is 1. The molecule has 1 unspecified atom stereocenters. The monoisotopic (exact) mass is 260 g/mol. The molecule has 0 saturated carbocycles. The van der Waals surface area contributed by atoms with Gasteiger partial charge in [0.2, 0.25) is 5.91 Å². The van der Waals surface area contributed by atoms with Crippen LogP contribution in [0.1, 0.15) is 19.8 Å². The summed E-state index contributed by atoms with van der Waals surface area (Å²) < 4.78 is 0. The molecule has 1 aliphatic heterocycles. The van der Waals surface area contributed by atoms with Crippen LogP contribution in [-0.4, -0.2) is 59.1 Å². The van der Waals surface area contributed by atoms with Crippen LogP contribution in [0.15, 0.2) is 0 Å². The Hall–Kier alpha value is -0.750. The van der Waals surface area contributed by atoms with E-state index in [0.717, 1.165) is 18.1 Å². The highest BCUT2D eigenvalue weighted by Crippen LogP contribution is 2.19. The second-order valence-electron chi connectivity index (χ2n) is 4.07. The van der Waals surface area contributed by atoms with Crippen LogP contribution in [0, 0.1) is 0 Å². The molecule has 17 heavy (non-hydrogen) atoms. The lowest BCUT2D eigenvalue weighted by Crippen LogP contribution is -2.45. The van der Waals surface area contributed by atoms with Gasteiger partial charge in [-0.2, -0.15) is 11.8 Å². The van der Waals surface area contributed by atoms with Gasteiger partial charge in [0.15, 0.2) is 0 Å². The molecule has 1 heterocycles. The fraction of sp³-hybridized carbons (Fsp3) is 0.818. The number of carbonyl (C=O) groups is 2. The van der Waals surface area contributed by atoms with E-state index >= 15 is 0 Å². The summed E-state index contributed by atoms with van der Waals surface area (Å²) in [5.41, 5.74) is 0. The van der Waals surface area contributed by atoms with E-state index < -0.39 is 5.97 Å². The largest absolute Gasteiger partial charge is 0.481 e. The van der Waals surface area contributed by atoms with Crippen LogP contribution in [0.4, 0.5) is 0 Å². The van der Waals surface area contributed by atoms with Gasteiger partial charge in [0, 0.05) is 43.6 Å². The Balaban J connectivity index is 2.37. The van der Waals surface area contributed by atoms with Crippen LogP contribution in [-0.2, 0) is 9.59 Å². The van der Waals surface area contributed by atoms with Crippen molar-refractivity contribution in [2.45, 2.75) is 25.8 Å². The first-order valence-corrected chi connectivity index (χ1v) is 7.09. The summed E-state index contributed by atoms with van der Waals surface area (Å²) in [5.74, 6) is 1.15. The van der Waals surface area contributed by atoms with Gasteiger partial charge in [-0.1, -0.05) is 0 Å². The van der Waals surface area contributed by atoms with Crippen molar-refractivity contribution in [1.29, 1.82) is 0 Å². The van der Waals surface area contributed by atoms with Crippen LogP contribution < -0.4 is 5.32 Å². The topological polar surface area (TPSA) is 69.6 Å². The SMILES string of the molecule is CCNC(=O)CCN1CCSCC1CC(=O)O. The molecule has 98 valence electrons. The number of hydrogen-bond acceptors (Lipinski definition) is 4. The van der Waals surface area contributed by atoms with Gasteiger partial charge in [-0.3, -0.25) is 14.5 Å². The zero-order valence-electron chi connectivity index (χ0n) is 10.1. The Kier molecular flexibility index (Phi) is 6.36. The molecule has 0 bridgehead atoms. The molecular weight excluding hydrogens is 240 g/mol. The Morgan fingerprint density at radius 2 is 2.29 bits per heavy atom. The van der Waals surface area contributed by atoms with Crippen LogP contribution in [0.5, 0.6) is 0 Å². The first-order chi connectivity index (χ1) is 8.13. The average Bonchev–Trinajstić information content (AvgIpc) is 2.27. The van der Waals surface area contributed by atoms with E-state index in [1.807, 2.05) is 6.92 Å². The molecular formula is C11H20N2O3S. The number of rotatable bonds is 6. The van der Waals surface area contributed by atoms with Crippen molar-refractivity contribution < 1.29 is 14.7 Å². The molecule has 1 rings (SSSR count). The zero-order valence-corrected chi connectivity index (χ0v) is 11.0. The molecule has 1 fully saturated rings. The van der Waals surface area contributed by atoms with E-state index in [4.69, 9.17) is 5.11 Å². The fourth-order valence-corrected chi connectivity index (χ4v) is 3.03. The van der Waals surface area contributed by atoms with E-state index in [0.29, 0.717) is 19.5 Å². The fourth-order valence-electron chi connectivity index (χ4n) is 1.90. The van der Waals surface area contributed by atoms with Crippen molar-refractivity contribution in [3.05, 3.63) is 0 Å². The van der Waals surface area contributed by atoms with Crippen molar-refractivity contribution in [3.8, 4) is 0 Å². The van der Waals surface area contributed by atoms with E-state index in [1.165, 1.54) is 0 Å². The minimum absolute atomic E-state index is 0.0415. The van der Waals surface area contributed by atoms with Gasteiger partial charge < -0.3 is 10.4 Å². The first-order valence-electron chi connectivity index (χ1n) is 5.93. The number of nitrogens with one attached hydrogen (secondary N) is 1. The van der Waals surface area contributed by atoms with Gasteiger partial charge >= 0.3 is 5.97 Å². The summed E-state index contributed by atoms with van der Waals surface area (Å²) in [6, 6.07) is 0.0701. The van der Waals surface area contributed by atoms with Crippen molar-refractivity contribution in [1.82, 2.24) is 10.2 Å². The Morgan fingerprint density at radius 1 is 1.53 bits per heavy atom. The summed E-state index contributed by atoms with van der Waals surface area (Å²) in [6.07, 6.45) is 0.622. The second kappa shape index (κ2) is 7.55. The maximum absolute atomic E-state index is 11.4. The van der Waals surface area contributed by atoms with E-state index in [1.54, 1.807) is 11.8 Å². The van der Waals surface area contributed by atoms with Gasteiger partial charge in [0.05, 0.1) is 6.42 Å². The van der Waals surface area contributed by atoms with Crippen molar-refractivity contribution in [2.75, 3.05) is 31.1 Å². The number of carboxylic acid groups (broad SMARTS) is 1. The van der Waals surface area contributed by atoms with Crippen molar-refractivity contribution >= 4 is 23.6 Å². The molecule has 1 amide bonds. The number of thioether (sulfide) groups is 1. The molecule has 6 heteroatoms. The normalized spacial score (nSPS) is 21.1. The van der Waals surface area contributed by atoms with Crippen LogP contribution in [0.3, 0.4) is 0 Å². The zero-order chi connectivity index (χ0) is 12.7. The molecule has 0 aromatic rings. The summed E-state index contributed by atoms with van der Waals surface area (Å²) in [7, 11) is 0. The third-order valence-corrected chi connectivity index (χ3v) is 3.85. The first kappa shape index (κ1) is 14.3. The van der Waals surface area contributed by atoms with E-state index in [-0.39, 0.29) is 18.4 Å². The molecule has 0 spiro atoms. The summed E-state index contributed by atoms with van der Waals surface area (Å²) in [5, 5.41) is 11.6. The van der Waals surface area contributed by atoms with E-state index in [9.17, 15) is 9.59 Å². The quantitative estimate of drug-likeness (QED) is 0.723. The van der Waals surface area contributed by atoms with Gasteiger partial charge in [-0.25, -0.2) is 0 Å². The van der Waals surface area contributed by atoms with Gasteiger partial charge in [0.1, 0.15) is 0 Å². The molecule has 0 aliphatic carbocycles. The van der Waals surface area contributed by atoms with Crippen LogP contribution in [0.2, 0.25) is 0 Å². The number of carbonyl (C=O) groups excluding carboxylic acids is 1. The summed E-state index contributed by atoms with van der Waals surface area (Å²) in [6.45, 7) is 4.07. The predicted octanol–water partition coefficient (Wildman–Crippen LogP) is 0.405. The van der Waals surface area contributed by atoms with Gasteiger partial charge in [-0.05, 0) is 6.92 Å². The lowest BCUT2D eigenvalue weighted by molar-refractivity contribution is -0.138. The van der Waals surface area contributed by atoms with Gasteiger partial charge in [0.25, 0.3) is 0 Å². The predicted molar refractivity (Wildman–Crippen MR) is 68.2 cm³/mol. The van der Waals surface area contributed by atoms with Crippen molar-refractivity contribution in [2.24, 2.45) is 0 Å². The lowest BCUT2D eigenvalue weighted by atomic mass is 10.2. The molecule has 1 saturated heterocycles. The Labute approximate surface area is 106 Å². The van der Waals surface area contributed by atoms with E-state index in [2.05, 4.69) is 10.2 Å². The lowest BCUT2D eigenvalue weighted by Gasteiger charge is -2.34. The molecule has 5 nitrogen and oxygen atoms in total. The van der Waals surface area contributed by atoms with Crippen molar-refractivity contribution in [3.63, 3.8) is 0 Å². The average molecular weight is 260 g/mol. The maximum atomic E-state index is 11.4. The summed E-state index contributed by atoms with van der Waals surface area (Å²) >= 11 is 1.79. The van der Waals surface area contributed by atoms with Crippen LogP contribution >= 0.6 is 11.8 Å². The molecule has 1 atom stereocenters. The molecule has 0 aromatic heterocycles. The van der Waals surface area contributed by atoms with Crippen LogP contribution in [0.25, 0.3) is 0 Å². The molecule has 0 radical (unpaired) electrons. The highest BCUT2D eigenvalue weighted by atomic mass is 32.2. The number of amides is 1. The third kappa shape index (κ3) is 5.41. The Bertz CT molecular complexity index is 273. The molecule has 2 N–H and O–H groups in total. The maximum Gasteiger partial charge on any atom is 0.304 e. The minimum atomic E-state index is -0.763. The third-order valence-electron chi connectivity index (χ3n) is 2.76. The molecule has 0 aromatic carbocycles. The second-order valence-corrected chi connectivity index (χ2v) is 5.22. The van der Waals surface area contributed by atoms with Gasteiger partial charge in [-0.15, -0.1) is 0 Å². The summed E-state index contributed by atoms with van der Waals surface area (Å²) in [4.78, 5) is 24.2. The number of aliphatic carboxylic acids is 1. The number of nitrogens with zero attached hydrogens (tertiary/aromatic N) is 1. The Morgan fingerprint density at radius 3 is 2.94 bits per heavy atom. The standard InChI is InChI=1S/C11H20N2O3S/c1-2-12-10(14)3-4-13-5-6-17-8-9(13)7-11(15)16/h9H,2-8H2,1H3,(H,12,14)(H,15,16). The number of hydrogen-bond donors (Lipinski definition) is 2. The highest BCUT2D eigenvalue weighted by Gasteiger charge is 2.24. The molecule has 1 aliphatic rings. The minimum Gasteiger partial charge on any atom is -0.481 e. The highest BCUT2D eigenvalue weighted by molar-refractivity contribution is 7.99. The smallest absolute Gasteiger partial charge is 0.304 e.